The van der Waals surface area contributed by atoms with E-state index < -0.39 is 17.8 Å². The summed E-state index contributed by atoms with van der Waals surface area (Å²) in [7, 11) is 0. The van der Waals surface area contributed by atoms with Crippen LogP contribution in [0.15, 0.2) is 78.4 Å². The quantitative estimate of drug-likeness (QED) is 0.351. The van der Waals surface area contributed by atoms with E-state index in [0.29, 0.717) is 11.3 Å². The molecule has 0 heterocycles. The van der Waals surface area contributed by atoms with Gasteiger partial charge in [0.25, 0.3) is 5.91 Å². The Morgan fingerprint density at radius 3 is 2.27 bits per heavy atom. The number of carbonyl (C=O) groups excluding carboxylic acids is 1. The summed E-state index contributed by atoms with van der Waals surface area (Å²) < 4.78 is 5.81. The van der Waals surface area contributed by atoms with Crippen LogP contribution in [0.25, 0.3) is 6.08 Å². The zero-order chi connectivity index (χ0) is 23.8. The van der Waals surface area contributed by atoms with Crippen molar-refractivity contribution in [2.24, 2.45) is 0 Å². The van der Waals surface area contributed by atoms with E-state index in [4.69, 9.17) is 14.9 Å². The zero-order valence-electron chi connectivity index (χ0n) is 17.2. The lowest BCUT2D eigenvalue weighted by molar-refractivity contribution is -0.112. The van der Waals surface area contributed by atoms with Crippen molar-refractivity contribution in [2.75, 3.05) is 5.32 Å². The summed E-state index contributed by atoms with van der Waals surface area (Å²) in [5, 5.41) is 30.1. The van der Waals surface area contributed by atoms with Crippen molar-refractivity contribution < 1.29 is 29.3 Å². The van der Waals surface area contributed by atoms with E-state index in [9.17, 15) is 19.6 Å². The van der Waals surface area contributed by atoms with Crippen LogP contribution >= 0.6 is 0 Å². The molecule has 8 heteroatoms. The number of carbonyl (C=O) groups is 3. The Morgan fingerprint density at radius 1 is 0.909 bits per heavy atom. The number of nitrogens with zero attached hydrogens (tertiary/aromatic N) is 1. The molecule has 0 aliphatic heterocycles. The number of rotatable bonds is 8. The molecule has 0 atom stereocenters. The summed E-state index contributed by atoms with van der Waals surface area (Å²) in [4.78, 5) is 34.6. The molecule has 0 radical (unpaired) electrons. The first kappa shape index (κ1) is 22.8. The maximum absolute atomic E-state index is 12.6. The molecule has 3 aromatic rings. The van der Waals surface area contributed by atoms with Gasteiger partial charge in [0.1, 0.15) is 24.0 Å². The van der Waals surface area contributed by atoms with Crippen LogP contribution in [0.4, 0.5) is 5.69 Å². The first-order chi connectivity index (χ1) is 15.9. The van der Waals surface area contributed by atoms with Gasteiger partial charge < -0.3 is 20.3 Å². The Morgan fingerprint density at radius 2 is 1.61 bits per heavy atom. The third-order valence-corrected chi connectivity index (χ3v) is 4.55. The molecular formula is C25H18N2O6. The fourth-order valence-corrected chi connectivity index (χ4v) is 2.87. The van der Waals surface area contributed by atoms with Crippen LogP contribution in [0.2, 0.25) is 0 Å². The molecule has 0 aromatic heterocycles. The number of hydrogen-bond acceptors (Lipinski definition) is 5. The van der Waals surface area contributed by atoms with Crippen LogP contribution in [-0.4, -0.2) is 28.1 Å². The minimum absolute atomic E-state index is 0.00502. The molecule has 0 aliphatic rings. The largest absolute Gasteiger partial charge is 0.488 e. The summed E-state index contributed by atoms with van der Waals surface area (Å²) >= 11 is 0. The maximum Gasteiger partial charge on any atom is 0.335 e. The molecule has 0 bridgehead atoms. The monoisotopic (exact) mass is 442 g/mol. The van der Waals surface area contributed by atoms with Crippen molar-refractivity contribution in [3.05, 3.63) is 101 Å². The highest BCUT2D eigenvalue weighted by molar-refractivity contribution is 6.10. The molecule has 33 heavy (non-hydrogen) atoms. The summed E-state index contributed by atoms with van der Waals surface area (Å²) in [6.45, 7) is 0.154. The Kier molecular flexibility index (Phi) is 7.19. The second-order valence-electron chi connectivity index (χ2n) is 6.84. The van der Waals surface area contributed by atoms with Gasteiger partial charge in [-0.3, -0.25) is 4.79 Å². The topological polar surface area (TPSA) is 137 Å². The summed E-state index contributed by atoms with van der Waals surface area (Å²) in [6.07, 6.45) is 1.37. The van der Waals surface area contributed by atoms with E-state index in [1.54, 1.807) is 36.4 Å². The second-order valence-corrected chi connectivity index (χ2v) is 6.84. The number of para-hydroxylation sites is 1. The minimum atomic E-state index is -1.13. The van der Waals surface area contributed by atoms with Crippen molar-refractivity contribution in [1.82, 2.24) is 0 Å². The molecule has 0 aliphatic carbocycles. The van der Waals surface area contributed by atoms with Crippen LogP contribution in [0.5, 0.6) is 5.75 Å². The van der Waals surface area contributed by atoms with Crippen molar-refractivity contribution in [2.45, 2.75) is 6.61 Å². The van der Waals surface area contributed by atoms with Gasteiger partial charge >= 0.3 is 11.9 Å². The number of carboxylic acid groups (broad SMARTS) is 2. The van der Waals surface area contributed by atoms with E-state index in [1.807, 2.05) is 6.07 Å². The van der Waals surface area contributed by atoms with E-state index >= 15 is 0 Å². The third-order valence-electron chi connectivity index (χ3n) is 4.55. The Hall–Kier alpha value is -4.90. The number of ether oxygens (including phenoxy) is 1. The molecule has 0 saturated carbocycles. The Labute approximate surface area is 189 Å². The van der Waals surface area contributed by atoms with Crippen LogP contribution in [-0.2, 0) is 11.4 Å². The predicted molar refractivity (Wildman–Crippen MR) is 120 cm³/mol. The minimum Gasteiger partial charge on any atom is -0.488 e. The molecular weight excluding hydrogens is 424 g/mol. The molecule has 0 saturated heterocycles. The van der Waals surface area contributed by atoms with Gasteiger partial charge in [-0.2, -0.15) is 5.26 Å². The third kappa shape index (κ3) is 6.06. The fourth-order valence-electron chi connectivity index (χ4n) is 2.87. The van der Waals surface area contributed by atoms with Crippen LogP contribution in [0.3, 0.4) is 0 Å². The molecule has 3 N–H and O–H groups in total. The van der Waals surface area contributed by atoms with Gasteiger partial charge in [-0.25, -0.2) is 9.59 Å². The first-order valence-corrected chi connectivity index (χ1v) is 9.68. The number of aromatic carboxylic acids is 2. The van der Waals surface area contributed by atoms with E-state index in [-0.39, 0.29) is 29.0 Å². The maximum atomic E-state index is 12.6. The normalized spacial score (nSPS) is 10.7. The Bertz CT molecular complexity index is 1270. The van der Waals surface area contributed by atoms with Crippen molar-refractivity contribution in [3.63, 3.8) is 0 Å². The average molecular weight is 442 g/mol. The van der Waals surface area contributed by atoms with Gasteiger partial charge in [0.05, 0.1) is 11.1 Å². The molecule has 0 fully saturated rings. The molecule has 3 aromatic carbocycles. The van der Waals surface area contributed by atoms with Gasteiger partial charge in [-0.05, 0) is 48.0 Å². The summed E-state index contributed by atoms with van der Waals surface area (Å²) in [5.41, 5.74) is 1.46. The lowest BCUT2D eigenvalue weighted by atomic mass is 10.1. The van der Waals surface area contributed by atoms with E-state index in [0.717, 1.165) is 5.56 Å². The number of nitrogens with one attached hydrogen (secondary N) is 1. The number of benzene rings is 3. The van der Waals surface area contributed by atoms with Crippen molar-refractivity contribution in [3.8, 4) is 11.8 Å². The van der Waals surface area contributed by atoms with Crippen LogP contribution in [0, 0.1) is 11.3 Å². The van der Waals surface area contributed by atoms with Gasteiger partial charge in [0, 0.05) is 11.3 Å². The first-order valence-electron chi connectivity index (χ1n) is 9.68. The lowest BCUT2D eigenvalue weighted by Crippen LogP contribution is -2.14. The number of hydrogen-bond donors (Lipinski definition) is 3. The highest BCUT2D eigenvalue weighted by Crippen LogP contribution is 2.23. The zero-order valence-corrected chi connectivity index (χ0v) is 17.2. The number of amides is 1. The van der Waals surface area contributed by atoms with Crippen LogP contribution < -0.4 is 10.1 Å². The number of nitriles is 1. The standard InChI is InChI=1S/C25H18N2O6/c26-14-20(23(28)27-21-6-3-5-19(13-21)25(31)32)12-18-4-1-2-7-22(18)33-15-16-8-10-17(11-9-16)24(29)30/h1-13H,15H2,(H,27,28)(H,29,30)(H,31,32). The molecule has 1 amide bonds. The van der Waals surface area contributed by atoms with Gasteiger partial charge in [0.2, 0.25) is 0 Å². The van der Waals surface area contributed by atoms with E-state index in [1.165, 1.54) is 42.5 Å². The van der Waals surface area contributed by atoms with Crippen LogP contribution in [0.1, 0.15) is 31.8 Å². The molecule has 164 valence electrons. The smallest absolute Gasteiger partial charge is 0.335 e. The SMILES string of the molecule is N#CC(=Cc1ccccc1OCc1ccc(C(=O)O)cc1)C(=O)Nc1cccc(C(=O)O)c1. The number of anilines is 1. The van der Waals surface area contributed by atoms with Gasteiger partial charge in [-0.1, -0.05) is 36.4 Å². The molecule has 0 unspecified atom stereocenters. The average Bonchev–Trinajstić information content (AvgIpc) is 2.82. The second kappa shape index (κ2) is 10.4. The lowest BCUT2D eigenvalue weighted by Gasteiger charge is -2.10. The van der Waals surface area contributed by atoms with E-state index in [2.05, 4.69) is 5.32 Å². The molecule has 3 rings (SSSR count). The van der Waals surface area contributed by atoms with Gasteiger partial charge in [0.15, 0.2) is 0 Å². The summed E-state index contributed by atoms with van der Waals surface area (Å²) in [6, 6.07) is 20.6. The molecule has 0 spiro atoms. The number of carboxylic acids is 2. The summed E-state index contributed by atoms with van der Waals surface area (Å²) in [5.74, 6) is -2.42. The fraction of sp³-hybridized carbons (Fsp3) is 0.0400. The van der Waals surface area contributed by atoms with Gasteiger partial charge in [-0.15, -0.1) is 0 Å². The highest BCUT2D eigenvalue weighted by Gasteiger charge is 2.13. The van der Waals surface area contributed by atoms with Crippen molar-refractivity contribution >= 4 is 29.6 Å². The van der Waals surface area contributed by atoms with Crippen molar-refractivity contribution in [1.29, 1.82) is 5.26 Å². The Balaban J connectivity index is 1.76. The molecule has 8 nitrogen and oxygen atoms in total. The highest BCUT2D eigenvalue weighted by atomic mass is 16.5. The predicted octanol–water partition coefficient (Wildman–Crippen LogP) is 4.21.